The van der Waals surface area contributed by atoms with Crippen LogP contribution in [0.2, 0.25) is 5.15 Å². The van der Waals surface area contributed by atoms with Crippen molar-refractivity contribution in [3.63, 3.8) is 0 Å². The Morgan fingerprint density at radius 1 is 1.15 bits per heavy atom. The van der Waals surface area contributed by atoms with Crippen LogP contribution in [0.1, 0.15) is 48.5 Å². The Kier molecular flexibility index (Phi) is 6.65. The monoisotopic (exact) mass is 575 g/mol. The Morgan fingerprint density at radius 3 is 2.59 bits per heavy atom. The molecular formula is C28H30ClN9O3. The minimum atomic E-state index is -0.907. The van der Waals surface area contributed by atoms with Gasteiger partial charge in [0, 0.05) is 33.1 Å². The molecular weight excluding hydrogens is 546 g/mol. The molecule has 12 nitrogen and oxygen atoms in total. The summed E-state index contributed by atoms with van der Waals surface area (Å²) < 4.78 is 5.25. The van der Waals surface area contributed by atoms with Crippen LogP contribution in [0.15, 0.2) is 41.7 Å². The lowest BCUT2D eigenvalue weighted by Crippen LogP contribution is -2.37. The standard InChI is InChI=1S/C28H30ClN9O3/c1-15-11-18(16(2)32-20-5-6-21(29)33-23(20)25-31-13-35(3)34-25)24-19(12-15)27(39)36(4)26-22(30-14-38(24)26)17-7-9-37(10-8-17)28(40)41/h5-6,11-14,16-17,32H,7-10H2,1-4H3,(H,40,41). The minimum Gasteiger partial charge on any atom is -0.465 e. The Hall–Kier alpha value is -4.45. The van der Waals surface area contributed by atoms with Crippen LogP contribution in [0.25, 0.3) is 28.1 Å². The lowest BCUT2D eigenvalue weighted by molar-refractivity contribution is 0.132. The maximum atomic E-state index is 13.8. The number of hydrogen-bond donors (Lipinski definition) is 2. The van der Waals surface area contributed by atoms with E-state index in [0.29, 0.717) is 53.7 Å². The van der Waals surface area contributed by atoms with E-state index in [4.69, 9.17) is 16.6 Å². The smallest absolute Gasteiger partial charge is 0.407 e. The average molecular weight is 576 g/mol. The number of fused-ring (bicyclic) bond motifs is 3. The highest BCUT2D eigenvalue weighted by Crippen LogP contribution is 2.34. The van der Waals surface area contributed by atoms with Crippen LogP contribution in [0.4, 0.5) is 10.5 Å². The molecule has 13 heteroatoms. The molecule has 4 aromatic heterocycles. The molecule has 0 aliphatic carbocycles. The first kappa shape index (κ1) is 26.8. The maximum Gasteiger partial charge on any atom is 0.407 e. The van der Waals surface area contributed by atoms with Crippen molar-refractivity contribution in [2.24, 2.45) is 14.1 Å². The minimum absolute atomic E-state index is 0.0525. The molecule has 2 N–H and O–H groups in total. The van der Waals surface area contributed by atoms with Crippen molar-refractivity contribution in [2.75, 3.05) is 18.4 Å². The number of anilines is 1. The second-order valence-electron chi connectivity index (χ2n) is 10.6. The van der Waals surface area contributed by atoms with Gasteiger partial charge in [-0.1, -0.05) is 17.7 Å². The average Bonchev–Trinajstić information content (AvgIpc) is 3.59. The number of aryl methyl sites for hydroxylation is 3. The molecule has 212 valence electrons. The summed E-state index contributed by atoms with van der Waals surface area (Å²) in [6, 6.07) is 7.30. The fourth-order valence-corrected chi connectivity index (χ4v) is 5.96. The zero-order chi connectivity index (χ0) is 29.0. The Bertz CT molecular complexity index is 1870. The van der Waals surface area contributed by atoms with Crippen LogP contribution in [-0.2, 0) is 14.1 Å². The highest BCUT2D eigenvalue weighted by atomic mass is 35.5. The van der Waals surface area contributed by atoms with Crippen LogP contribution in [0.5, 0.6) is 0 Å². The molecule has 6 rings (SSSR count). The molecule has 1 fully saturated rings. The van der Waals surface area contributed by atoms with Crippen LogP contribution < -0.4 is 10.9 Å². The second-order valence-corrected chi connectivity index (χ2v) is 11.0. The molecule has 5 aromatic rings. The first-order valence-electron chi connectivity index (χ1n) is 13.4. The van der Waals surface area contributed by atoms with Gasteiger partial charge < -0.3 is 15.3 Å². The third-order valence-corrected chi connectivity index (χ3v) is 8.02. The normalized spacial score (nSPS) is 15.1. The lowest BCUT2D eigenvalue weighted by atomic mass is 9.93. The fraction of sp³-hybridized carbons (Fsp3) is 0.357. The van der Waals surface area contributed by atoms with E-state index in [9.17, 15) is 14.7 Å². The number of hydrogen-bond acceptors (Lipinski definition) is 7. The van der Waals surface area contributed by atoms with Crippen molar-refractivity contribution in [3.8, 4) is 11.5 Å². The van der Waals surface area contributed by atoms with Gasteiger partial charge in [0.15, 0.2) is 0 Å². The molecule has 41 heavy (non-hydrogen) atoms. The molecule has 0 saturated carbocycles. The number of nitrogens with one attached hydrogen (secondary N) is 1. The van der Waals surface area contributed by atoms with E-state index in [0.717, 1.165) is 28.0 Å². The van der Waals surface area contributed by atoms with Crippen LogP contribution in [-0.4, -0.2) is 62.9 Å². The number of benzene rings is 1. The van der Waals surface area contributed by atoms with E-state index in [-0.39, 0.29) is 17.5 Å². The van der Waals surface area contributed by atoms with Gasteiger partial charge in [-0.2, -0.15) is 0 Å². The van der Waals surface area contributed by atoms with Gasteiger partial charge in [0.1, 0.15) is 29.1 Å². The van der Waals surface area contributed by atoms with Crippen molar-refractivity contribution >= 4 is 39.9 Å². The summed E-state index contributed by atoms with van der Waals surface area (Å²) in [6.07, 6.45) is 3.77. The molecule has 0 radical (unpaired) electrons. The third kappa shape index (κ3) is 4.67. The summed E-state index contributed by atoms with van der Waals surface area (Å²) in [5.41, 5.74) is 5.31. The zero-order valence-electron chi connectivity index (χ0n) is 23.2. The van der Waals surface area contributed by atoms with E-state index in [2.05, 4.69) is 26.4 Å². The summed E-state index contributed by atoms with van der Waals surface area (Å²) >= 11 is 6.23. The van der Waals surface area contributed by atoms with E-state index < -0.39 is 6.09 Å². The summed E-state index contributed by atoms with van der Waals surface area (Å²) in [7, 11) is 3.56. The number of pyridine rings is 1. The number of nitrogens with zero attached hydrogens (tertiary/aromatic N) is 8. The van der Waals surface area contributed by atoms with E-state index >= 15 is 0 Å². The van der Waals surface area contributed by atoms with Crippen LogP contribution in [0.3, 0.4) is 0 Å². The van der Waals surface area contributed by atoms with Crippen molar-refractivity contribution in [2.45, 2.75) is 38.6 Å². The zero-order valence-corrected chi connectivity index (χ0v) is 23.9. The van der Waals surface area contributed by atoms with Crippen LogP contribution >= 0.6 is 11.6 Å². The third-order valence-electron chi connectivity index (χ3n) is 7.81. The topological polar surface area (TPSA) is 135 Å². The number of amides is 1. The number of rotatable bonds is 5. The van der Waals surface area contributed by atoms with Crippen LogP contribution in [0, 0.1) is 6.92 Å². The quantitative estimate of drug-likeness (QED) is 0.295. The van der Waals surface area contributed by atoms with Crippen molar-refractivity contribution in [1.29, 1.82) is 0 Å². The van der Waals surface area contributed by atoms with Gasteiger partial charge in [-0.15, -0.1) is 5.10 Å². The van der Waals surface area contributed by atoms with E-state index in [1.165, 1.54) is 4.90 Å². The number of imidazole rings is 1. The van der Waals surface area contributed by atoms with Crippen molar-refractivity contribution in [3.05, 3.63) is 69.2 Å². The lowest BCUT2D eigenvalue weighted by Gasteiger charge is -2.29. The SMILES string of the molecule is Cc1cc(C(C)Nc2ccc(Cl)nc2-c2ncn(C)n2)c2c(c1)c(=O)n(C)c1c(C3CCN(C(=O)O)CC3)ncn21. The van der Waals surface area contributed by atoms with E-state index in [1.807, 2.05) is 30.4 Å². The summed E-state index contributed by atoms with van der Waals surface area (Å²) in [4.78, 5) is 40.2. The maximum absolute atomic E-state index is 13.8. The summed E-state index contributed by atoms with van der Waals surface area (Å²) in [6.45, 7) is 4.88. The molecule has 0 bridgehead atoms. The van der Waals surface area contributed by atoms with Gasteiger partial charge in [0.2, 0.25) is 5.82 Å². The van der Waals surface area contributed by atoms with Crippen molar-refractivity contribution in [1.82, 2.24) is 38.6 Å². The molecule has 1 unspecified atom stereocenters. The van der Waals surface area contributed by atoms with E-state index in [1.54, 1.807) is 42.1 Å². The number of carboxylic acid groups (broad SMARTS) is 1. The molecule has 1 amide bonds. The predicted octanol–water partition coefficient (Wildman–Crippen LogP) is 4.37. The first-order chi connectivity index (χ1) is 19.6. The van der Waals surface area contributed by atoms with Crippen molar-refractivity contribution < 1.29 is 9.90 Å². The molecule has 5 heterocycles. The molecule has 1 aliphatic rings. The number of carbonyl (C=O) groups is 1. The Labute approximate surface area is 240 Å². The van der Waals surface area contributed by atoms with Gasteiger partial charge in [0.25, 0.3) is 5.56 Å². The molecule has 0 spiro atoms. The fourth-order valence-electron chi connectivity index (χ4n) is 5.81. The molecule has 1 atom stereocenters. The number of piperidine rings is 1. The molecule has 1 aromatic carbocycles. The Balaban J connectivity index is 1.46. The highest BCUT2D eigenvalue weighted by Gasteiger charge is 2.28. The second kappa shape index (κ2) is 10.2. The number of likely N-dealkylation sites (tertiary alicyclic amines) is 1. The number of halogens is 1. The number of aromatic nitrogens is 7. The van der Waals surface area contributed by atoms with Gasteiger partial charge >= 0.3 is 6.09 Å². The summed E-state index contributed by atoms with van der Waals surface area (Å²) in [5, 5.41) is 18.2. The Morgan fingerprint density at radius 2 is 1.90 bits per heavy atom. The van der Waals surface area contributed by atoms with Gasteiger partial charge in [-0.3, -0.25) is 18.4 Å². The predicted molar refractivity (Wildman–Crippen MR) is 156 cm³/mol. The van der Waals surface area contributed by atoms with Gasteiger partial charge in [0.05, 0.1) is 28.3 Å². The molecule has 1 aliphatic heterocycles. The summed E-state index contributed by atoms with van der Waals surface area (Å²) in [5.74, 6) is 0.500. The first-order valence-corrected chi connectivity index (χ1v) is 13.8. The highest BCUT2D eigenvalue weighted by molar-refractivity contribution is 6.29. The van der Waals surface area contributed by atoms with Gasteiger partial charge in [-0.25, -0.2) is 19.7 Å². The molecule has 1 saturated heterocycles. The van der Waals surface area contributed by atoms with Gasteiger partial charge in [-0.05, 0) is 56.0 Å². The largest absolute Gasteiger partial charge is 0.465 e.